The van der Waals surface area contributed by atoms with Crippen molar-refractivity contribution in [3.8, 4) is 0 Å². The number of ether oxygens (including phenoxy) is 1. The molecule has 104 valence electrons. The van der Waals surface area contributed by atoms with Gasteiger partial charge in [0.2, 0.25) is 0 Å². The molecule has 1 aromatic rings. The Labute approximate surface area is 109 Å². The van der Waals surface area contributed by atoms with Gasteiger partial charge in [-0.1, -0.05) is 0 Å². The molecule has 4 nitrogen and oxygen atoms in total. The van der Waals surface area contributed by atoms with Crippen molar-refractivity contribution in [2.24, 2.45) is 0 Å². The Morgan fingerprint density at radius 3 is 2.16 bits per heavy atom. The second kappa shape index (κ2) is 5.77. The molecule has 0 unspecified atom stereocenters. The van der Waals surface area contributed by atoms with E-state index >= 15 is 0 Å². The van der Waals surface area contributed by atoms with Gasteiger partial charge in [-0.3, -0.25) is 4.79 Å². The third-order valence-corrected chi connectivity index (χ3v) is 1.95. The van der Waals surface area contributed by atoms with Gasteiger partial charge in [-0.05, 0) is 32.9 Å². The topological polar surface area (TPSA) is 55.4 Å². The quantitative estimate of drug-likeness (QED) is 0.856. The van der Waals surface area contributed by atoms with Crippen LogP contribution in [0.15, 0.2) is 18.2 Å². The first kappa shape index (κ1) is 15.1. The summed E-state index contributed by atoms with van der Waals surface area (Å²) in [4.78, 5) is 22.9. The fourth-order valence-electron chi connectivity index (χ4n) is 1.34. The molecule has 0 spiro atoms. The highest BCUT2D eigenvalue weighted by atomic mass is 19.1. The molecule has 0 fully saturated rings. The fraction of sp³-hybridized carbons (Fsp3) is 0.385. The number of amides is 1. The van der Waals surface area contributed by atoms with Crippen LogP contribution in [0.1, 0.15) is 31.1 Å². The first-order chi connectivity index (χ1) is 8.67. The zero-order chi connectivity index (χ0) is 14.6. The van der Waals surface area contributed by atoms with Gasteiger partial charge in [-0.25, -0.2) is 13.6 Å². The van der Waals surface area contributed by atoms with Gasteiger partial charge >= 0.3 is 5.97 Å². The number of carbonyl (C=O) groups excluding carboxylic acids is 2. The Bertz CT molecular complexity index is 475. The molecule has 0 aliphatic heterocycles. The van der Waals surface area contributed by atoms with Crippen molar-refractivity contribution in [3.63, 3.8) is 0 Å². The van der Waals surface area contributed by atoms with Crippen LogP contribution in [0.4, 0.5) is 8.78 Å². The number of rotatable bonds is 3. The number of carbonyl (C=O) groups is 2. The number of halogens is 2. The van der Waals surface area contributed by atoms with E-state index in [-0.39, 0.29) is 5.56 Å². The molecule has 1 amide bonds. The highest BCUT2D eigenvalue weighted by Crippen LogP contribution is 2.09. The van der Waals surface area contributed by atoms with Crippen LogP contribution in [-0.4, -0.2) is 24.0 Å². The zero-order valence-corrected chi connectivity index (χ0v) is 10.9. The van der Waals surface area contributed by atoms with E-state index < -0.39 is 35.7 Å². The van der Waals surface area contributed by atoms with Crippen molar-refractivity contribution in [1.82, 2.24) is 5.32 Å². The lowest BCUT2D eigenvalue weighted by molar-refractivity contribution is -0.125. The zero-order valence-electron chi connectivity index (χ0n) is 10.9. The Balaban J connectivity index is 2.58. The molecule has 0 atom stereocenters. The van der Waals surface area contributed by atoms with Crippen LogP contribution in [0.2, 0.25) is 0 Å². The highest BCUT2D eigenvalue weighted by Gasteiger charge is 2.16. The SMILES string of the molecule is CC(C)(C)NC(=O)COC(=O)c1cc(F)cc(F)c1. The van der Waals surface area contributed by atoms with Crippen LogP contribution in [0.5, 0.6) is 0 Å². The van der Waals surface area contributed by atoms with Crippen molar-refractivity contribution in [2.75, 3.05) is 6.61 Å². The van der Waals surface area contributed by atoms with Gasteiger partial charge in [-0.15, -0.1) is 0 Å². The van der Waals surface area contributed by atoms with Crippen LogP contribution < -0.4 is 5.32 Å². The predicted molar refractivity (Wildman–Crippen MR) is 64.5 cm³/mol. The fourth-order valence-corrected chi connectivity index (χ4v) is 1.34. The lowest BCUT2D eigenvalue weighted by Gasteiger charge is -2.20. The molecule has 0 radical (unpaired) electrons. The Morgan fingerprint density at radius 2 is 1.68 bits per heavy atom. The number of hydrogen-bond acceptors (Lipinski definition) is 3. The number of nitrogens with one attached hydrogen (secondary N) is 1. The molecule has 1 rings (SSSR count). The van der Waals surface area contributed by atoms with Crippen LogP contribution >= 0.6 is 0 Å². The lowest BCUT2D eigenvalue weighted by Crippen LogP contribution is -2.42. The second-order valence-electron chi connectivity index (χ2n) is 5.03. The second-order valence-corrected chi connectivity index (χ2v) is 5.03. The van der Waals surface area contributed by atoms with E-state index in [1.165, 1.54) is 0 Å². The number of benzene rings is 1. The molecule has 0 heterocycles. The number of hydrogen-bond donors (Lipinski definition) is 1. The van der Waals surface area contributed by atoms with Crippen LogP contribution in [0, 0.1) is 11.6 Å². The summed E-state index contributed by atoms with van der Waals surface area (Å²) in [6.45, 7) is 4.81. The molecule has 0 aromatic heterocycles. The molecule has 0 saturated carbocycles. The Kier molecular flexibility index (Phi) is 4.58. The summed E-state index contributed by atoms with van der Waals surface area (Å²) in [7, 11) is 0. The van der Waals surface area contributed by atoms with Crippen molar-refractivity contribution < 1.29 is 23.1 Å². The van der Waals surface area contributed by atoms with Crippen molar-refractivity contribution in [3.05, 3.63) is 35.4 Å². The van der Waals surface area contributed by atoms with Gasteiger partial charge in [0.15, 0.2) is 6.61 Å². The summed E-state index contributed by atoms with van der Waals surface area (Å²) in [5, 5.41) is 2.58. The minimum absolute atomic E-state index is 0.277. The monoisotopic (exact) mass is 271 g/mol. The third kappa shape index (κ3) is 5.46. The lowest BCUT2D eigenvalue weighted by atomic mass is 10.1. The Morgan fingerprint density at radius 1 is 1.16 bits per heavy atom. The van der Waals surface area contributed by atoms with Gasteiger partial charge in [0.1, 0.15) is 11.6 Å². The maximum atomic E-state index is 12.9. The predicted octanol–water partition coefficient (Wildman–Crippen LogP) is 2.04. The normalized spacial score (nSPS) is 11.0. The maximum Gasteiger partial charge on any atom is 0.338 e. The Hall–Kier alpha value is -1.98. The van der Waals surface area contributed by atoms with Crippen molar-refractivity contribution in [2.45, 2.75) is 26.3 Å². The van der Waals surface area contributed by atoms with E-state index in [0.717, 1.165) is 12.1 Å². The van der Waals surface area contributed by atoms with E-state index in [0.29, 0.717) is 6.07 Å². The minimum Gasteiger partial charge on any atom is -0.452 e. The molecule has 1 aromatic carbocycles. The molecule has 6 heteroatoms. The van der Waals surface area contributed by atoms with E-state index in [9.17, 15) is 18.4 Å². The molecule has 19 heavy (non-hydrogen) atoms. The smallest absolute Gasteiger partial charge is 0.338 e. The van der Waals surface area contributed by atoms with Gasteiger partial charge in [0, 0.05) is 11.6 Å². The van der Waals surface area contributed by atoms with Crippen molar-refractivity contribution in [1.29, 1.82) is 0 Å². The largest absolute Gasteiger partial charge is 0.452 e. The summed E-state index contributed by atoms with van der Waals surface area (Å²) in [6.07, 6.45) is 0. The average Bonchev–Trinajstić information content (AvgIpc) is 2.22. The first-order valence-electron chi connectivity index (χ1n) is 5.61. The molecule has 0 aliphatic carbocycles. The van der Waals surface area contributed by atoms with Gasteiger partial charge < -0.3 is 10.1 Å². The summed E-state index contributed by atoms with van der Waals surface area (Å²) in [5.74, 6) is -3.21. The van der Waals surface area contributed by atoms with E-state index in [1.54, 1.807) is 20.8 Å². The van der Waals surface area contributed by atoms with E-state index in [2.05, 4.69) is 10.1 Å². The molecular weight excluding hydrogens is 256 g/mol. The molecule has 0 saturated heterocycles. The van der Waals surface area contributed by atoms with Crippen LogP contribution in [0.25, 0.3) is 0 Å². The van der Waals surface area contributed by atoms with Crippen LogP contribution in [0.3, 0.4) is 0 Å². The first-order valence-corrected chi connectivity index (χ1v) is 5.61. The van der Waals surface area contributed by atoms with E-state index in [4.69, 9.17) is 0 Å². The standard InChI is InChI=1S/C13H15F2NO3/c1-13(2,3)16-11(17)7-19-12(18)8-4-9(14)6-10(15)5-8/h4-6H,7H2,1-3H3,(H,16,17). The van der Waals surface area contributed by atoms with Crippen LogP contribution in [-0.2, 0) is 9.53 Å². The maximum absolute atomic E-state index is 12.9. The van der Waals surface area contributed by atoms with Crippen molar-refractivity contribution >= 4 is 11.9 Å². The minimum atomic E-state index is -0.956. The molecular formula is C13H15F2NO3. The average molecular weight is 271 g/mol. The molecule has 1 N–H and O–H groups in total. The van der Waals surface area contributed by atoms with Gasteiger partial charge in [0.25, 0.3) is 5.91 Å². The third-order valence-electron chi connectivity index (χ3n) is 1.95. The summed E-state index contributed by atoms with van der Waals surface area (Å²) in [6, 6.07) is 2.32. The van der Waals surface area contributed by atoms with Gasteiger partial charge in [0.05, 0.1) is 5.56 Å². The summed E-state index contributed by atoms with van der Waals surface area (Å²) >= 11 is 0. The molecule has 0 aliphatic rings. The van der Waals surface area contributed by atoms with E-state index in [1.807, 2.05) is 0 Å². The summed E-state index contributed by atoms with van der Waals surface area (Å²) < 4.78 is 30.4. The summed E-state index contributed by atoms with van der Waals surface area (Å²) in [5.41, 5.74) is -0.727. The molecule has 0 bridgehead atoms. The highest BCUT2D eigenvalue weighted by molar-refractivity contribution is 5.91. The van der Waals surface area contributed by atoms with Gasteiger partial charge in [-0.2, -0.15) is 0 Å². The number of esters is 1.